The Morgan fingerprint density at radius 1 is 1.19 bits per heavy atom. The Bertz CT molecular complexity index is 452. The number of rotatable bonds is 3. The summed E-state index contributed by atoms with van der Waals surface area (Å²) in [6.45, 7) is 6.44. The molecule has 0 aliphatic carbocycles. The molecule has 2 aliphatic heterocycles. The average Bonchev–Trinajstić information content (AvgIpc) is 2.57. The van der Waals surface area contributed by atoms with E-state index in [4.69, 9.17) is 4.74 Å². The van der Waals surface area contributed by atoms with Crippen molar-refractivity contribution in [2.45, 2.75) is 12.6 Å². The number of hydrogen-bond donors (Lipinski definition) is 1. The summed E-state index contributed by atoms with van der Waals surface area (Å²) < 4.78 is 5.37. The molecule has 0 bridgehead atoms. The topological polar surface area (TPSA) is 44.8 Å². The zero-order valence-corrected chi connectivity index (χ0v) is 12.3. The second kappa shape index (κ2) is 7.02. The SMILES string of the molecule is O=C(C1COCCN1)N1CCN(Cc2ccccc2)CC1. The van der Waals surface area contributed by atoms with Crippen LogP contribution in [0, 0.1) is 0 Å². The normalized spacial score (nSPS) is 24.0. The molecule has 21 heavy (non-hydrogen) atoms. The molecule has 0 aromatic heterocycles. The highest BCUT2D eigenvalue weighted by Crippen LogP contribution is 2.10. The predicted molar refractivity (Wildman–Crippen MR) is 80.9 cm³/mol. The number of ether oxygens (including phenoxy) is 1. The summed E-state index contributed by atoms with van der Waals surface area (Å²) in [5.41, 5.74) is 1.33. The molecular formula is C16H23N3O2. The molecule has 1 amide bonds. The maximum Gasteiger partial charge on any atom is 0.242 e. The highest BCUT2D eigenvalue weighted by atomic mass is 16.5. The Morgan fingerprint density at radius 2 is 1.95 bits per heavy atom. The van der Waals surface area contributed by atoms with Crippen LogP contribution in [0.15, 0.2) is 30.3 Å². The molecule has 1 aromatic rings. The van der Waals surface area contributed by atoms with Crippen molar-refractivity contribution < 1.29 is 9.53 Å². The molecule has 0 radical (unpaired) electrons. The summed E-state index contributed by atoms with van der Waals surface area (Å²) in [6.07, 6.45) is 0. The van der Waals surface area contributed by atoms with E-state index in [2.05, 4.69) is 34.5 Å². The molecule has 1 atom stereocenters. The summed E-state index contributed by atoms with van der Waals surface area (Å²) in [5, 5.41) is 3.24. The van der Waals surface area contributed by atoms with Gasteiger partial charge in [0.2, 0.25) is 5.91 Å². The van der Waals surface area contributed by atoms with E-state index in [0.29, 0.717) is 13.2 Å². The molecule has 0 saturated carbocycles. The minimum absolute atomic E-state index is 0.153. The smallest absolute Gasteiger partial charge is 0.242 e. The van der Waals surface area contributed by atoms with E-state index in [9.17, 15) is 4.79 Å². The zero-order chi connectivity index (χ0) is 14.5. The van der Waals surface area contributed by atoms with E-state index in [1.165, 1.54) is 5.56 Å². The Kier molecular flexibility index (Phi) is 4.85. The molecule has 0 spiro atoms. The highest BCUT2D eigenvalue weighted by Gasteiger charge is 2.28. The number of carbonyl (C=O) groups excluding carboxylic acids is 1. The van der Waals surface area contributed by atoms with Crippen LogP contribution in [0.25, 0.3) is 0 Å². The molecule has 5 nitrogen and oxygen atoms in total. The van der Waals surface area contributed by atoms with Gasteiger partial charge in [-0.15, -0.1) is 0 Å². The fourth-order valence-electron chi connectivity index (χ4n) is 2.91. The van der Waals surface area contributed by atoms with E-state index in [1.807, 2.05) is 11.0 Å². The van der Waals surface area contributed by atoms with Gasteiger partial charge in [-0.2, -0.15) is 0 Å². The Balaban J connectivity index is 1.47. The first-order valence-electron chi connectivity index (χ1n) is 7.69. The van der Waals surface area contributed by atoms with Crippen LogP contribution in [0.2, 0.25) is 0 Å². The third kappa shape index (κ3) is 3.81. The number of hydrogen-bond acceptors (Lipinski definition) is 4. The fourth-order valence-corrected chi connectivity index (χ4v) is 2.91. The van der Waals surface area contributed by atoms with Crippen molar-refractivity contribution in [1.29, 1.82) is 0 Å². The average molecular weight is 289 g/mol. The van der Waals surface area contributed by atoms with Gasteiger partial charge in [0.25, 0.3) is 0 Å². The lowest BCUT2D eigenvalue weighted by atomic mass is 10.2. The number of benzene rings is 1. The van der Waals surface area contributed by atoms with Gasteiger partial charge in [0.05, 0.1) is 13.2 Å². The monoisotopic (exact) mass is 289 g/mol. The van der Waals surface area contributed by atoms with Gasteiger partial charge in [0.1, 0.15) is 6.04 Å². The molecule has 1 aromatic carbocycles. The number of amides is 1. The minimum atomic E-state index is -0.153. The van der Waals surface area contributed by atoms with Crippen LogP contribution in [0.5, 0.6) is 0 Å². The van der Waals surface area contributed by atoms with Gasteiger partial charge in [-0.1, -0.05) is 30.3 Å². The summed E-state index contributed by atoms with van der Waals surface area (Å²) in [5.74, 6) is 0.189. The minimum Gasteiger partial charge on any atom is -0.378 e. The van der Waals surface area contributed by atoms with E-state index >= 15 is 0 Å². The third-order valence-electron chi connectivity index (χ3n) is 4.15. The first kappa shape index (κ1) is 14.5. The molecule has 5 heteroatoms. The van der Waals surface area contributed by atoms with Crippen LogP contribution in [0.4, 0.5) is 0 Å². The van der Waals surface area contributed by atoms with Crippen molar-refractivity contribution >= 4 is 5.91 Å². The van der Waals surface area contributed by atoms with Crippen LogP contribution in [0.1, 0.15) is 5.56 Å². The standard InChI is InChI=1S/C16H23N3O2/c20-16(15-13-21-11-6-17-15)19-9-7-18(8-10-19)12-14-4-2-1-3-5-14/h1-5,15,17H,6-13H2. The van der Waals surface area contributed by atoms with Gasteiger partial charge in [0.15, 0.2) is 0 Å². The van der Waals surface area contributed by atoms with Gasteiger partial charge in [-0.05, 0) is 5.56 Å². The second-order valence-electron chi connectivity index (χ2n) is 5.67. The summed E-state index contributed by atoms with van der Waals surface area (Å²) >= 11 is 0. The Labute approximate surface area is 125 Å². The van der Waals surface area contributed by atoms with E-state index in [1.54, 1.807) is 0 Å². The lowest BCUT2D eigenvalue weighted by Crippen LogP contribution is -2.57. The number of piperazine rings is 1. The number of morpholine rings is 1. The highest BCUT2D eigenvalue weighted by molar-refractivity contribution is 5.82. The maximum atomic E-state index is 12.4. The van der Waals surface area contributed by atoms with E-state index in [-0.39, 0.29) is 11.9 Å². The lowest BCUT2D eigenvalue weighted by Gasteiger charge is -2.37. The van der Waals surface area contributed by atoms with Crippen LogP contribution in [-0.2, 0) is 16.1 Å². The Hall–Kier alpha value is -1.43. The molecule has 2 aliphatic rings. The van der Waals surface area contributed by atoms with Gasteiger partial charge in [-0.25, -0.2) is 0 Å². The zero-order valence-electron chi connectivity index (χ0n) is 12.3. The van der Waals surface area contributed by atoms with Crippen molar-refractivity contribution in [1.82, 2.24) is 15.1 Å². The summed E-state index contributed by atoms with van der Waals surface area (Å²) in [7, 11) is 0. The summed E-state index contributed by atoms with van der Waals surface area (Å²) in [4.78, 5) is 16.8. The predicted octanol–water partition coefficient (Wildman–Crippen LogP) is 0.319. The van der Waals surface area contributed by atoms with Gasteiger partial charge >= 0.3 is 0 Å². The second-order valence-corrected chi connectivity index (χ2v) is 5.67. The lowest BCUT2D eigenvalue weighted by molar-refractivity contribution is -0.138. The maximum absolute atomic E-state index is 12.4. The van der Waals surface area contributed by atoms with Crippen LogP contribution in [-0.4, -0.2) is 67.7 Å². The first-order chi connectivity index (χ1) is 10.3. The van der Waals surface area contributed by atoms with Crippen molar-refractivity contribution in [2.75, 3.05) is 45.9 Å². The van der Waals surface area contributed by atoms with Gasteiger partial charge < -0.3 is 15.0 Å². The van der Waals surface area contributed by atoms with Crippen molar-refractivity contribution in [3.05, 3.63) is 35.9 Å². The quantitative estimate of drug-likeness (QED) is 0.870. The molecule has 1 unspecified atom stereocenters. The largest absolute Gasteiger partial charge is 0.378 e. The molecule has 1 N–H and O–H groups in total. The molecule has 3 rings (SSSR count). The number of nitrogens with zero attached hydrogens (tertiary/aromatic N) is 2. The van der Waals surface area contributed by atoms with Gasteiger partial charge in [0, 0.05) is 39.3 Å². The number of carbonyl (C=O) groups is 1. The summed E-state index contributed by atoms with van der Waals surface area (Å²) in [6, 6.07) is 10.3. The molecule has 114 valence electrons. The molecule has 2 heterocycles. The molecule has 2 fully saturated rings. The first-order valence-corrected chi connectivity index (χ1v) is 7.69. The Morgan fingerprint density at radius 3 is 2.62 bits per heavy atom. The van der Waals surface area contributed by atoms with Crippen LogP contribution >= 0.6 is 0 Å². The third-order valence-corrected chi connectivity index (χ3v) is 4.15. The molecular weight excluding hydrogens is 266 g/mol. The van der Waals surface area contributed by atoms with Crippen molar-refractivity contribution in [3.8, 4) is 0 Å². The fraction of sp³-hybridized carbons (Fsp3) is 0.562. The van der Waals surface area contributed by atoms with E-state index < -0.39 is 0 Å². The van der Waals surface area contributed by atoms with Crippen LogP contribution < -0.4 is 5.32 Å². The van der Waals surface area contributed by atoms with Crippen LogP contribution in [0.3, 0.4) is 0 Å². The number of nitrogens with one attached hydrogen (secondary N) is 1. The molecule has 2 saturated heterocycles. The van der Waals surface area contributed by atoms with E-state index in [0.717, 1.165) is 39.3 Å². The van der Waals surface area contributed by atoms with Gasteiger partial charge in [-0.3, -0.25) is 9.69 Å². The van der Waals surface area contributed by atoms with Crippen molar-refractivity contribution in [2.24, 2.45) is 0 Å². The van der Waals surface area contributed by atoms with Crippen molar-refractivity contribution in [3.63, 3.8) is 0 Å².